The standard InChI is InChI=1S/C23H26FN3O4S2/c1-14-6-8-16(9-7-14)33(30,31)17-10-15(2)27(20(28)11-17)18(12-23(3,4)5)21(29)26-22-25-13-19(24)32-22/h6-11,13,18H,12H2,1-5H3,(H,25,26,29). The predicted octanol–water partition coefficient (Wildman–Crippen LogP) is 4.51. The van der Waals surface area contributed by atoms with E-state index in [2.05, 4.69) is 10.3 Å². The highest BCUT2D eigenvalue weighted by atomic mass is 32.2. The number of sulfone groups is 1. The van der Waals surface area contributed by atoms with E-state index in [4.69, 9.17) is 0 Å². The minimum atomic E-state index is -3.91. The second-order valence-electron chi connectivity index (χ2n) is 9.10. The Balaban J connectivity index is 2.05. The Morgan fingerprint density at radius 2 is 1.79 bits per heavy atom. The number of thiazole rings is 1. The molecule has 2 aromatic heterocycles. The summed E-state index contributed by atoms with van der Waals surface area (Å²) in [7, 11) is -3.91. The molecule has 0 spiro atoms. The molecule has 1 aromatic carbocycles. The molecule has 33 heavy (non-hydrogen) atoms. The van der Waals surface area contributed by atoms with Crippen molar-refractivity contribution in [2.45, 2.75) is 56.9 Å². The summed E-state index contributed by atoms with van der Waals surface area (Å²) in [6.45, 7) is 9.20. The van der Waals surface area contributed by atoms with Gasteiger partial charge in [0.25, 0.3) is 5.56 Å². The molecule has 1 N–H and O–H groups in total. The summed E-state index contributed by atoms with van der Waals surface area (Å²) < 4.78 is 40.7. The SMILES string of the molecule is Cc1ccc(S(=O)(=O)c2cc(C)n(C(CC(C)(C)C)C(=O)Nc3ncc(F)s3)c(=O)c2)cc1. The predicted molar refractivity (Wildman–Crippen MR) is 126 cm³/mol. The van der Waals surface area contributed by atoms with E-state index in [0.29, 0.717) is 17.0 Å². The van der Waals surface area contributed by atoms with Gasteiger partial charge in [-0.05, 0) is 43.9 Å². The van der Waals surface area contributed by atoms with Crippen LogP contribution in [0.3, 0.4) is 0 Å². The van der Waals surface area contributed by atoms with E-state index < -0.39 is 32.5 Å². The Bertz CT molecular complexity index is 1340. The number of rotatable bonds is 6. The van der Waals surface area contributed by atoms with Crippen LogP contribution in [0.1, 0.15) is 44.5 Å². The number of aromatic nitrogens is 2. The number of hydrogen-bond acceptors (Lipinski definition) is 6. The summed E-state index contributed by atoms with van der Waals surface area (Å²) in [5.74, 6) is -0.529. The van der Waals surface area contributed by atoms with Crippen molar-refractivity contribution in [3.05, 3.63) is 69.3 Å². The van der Waals surface area contributed by atoms with E-state index in [1.54, 1.807) is 19.1 Å². The van der Waals surface area contributed by atoms with Gasteiger partial charge in [0.2, 0.25) is 15.7 Å². The Labute approximate surface area is 196 Å². The van der Waals surface area contributed by atoms with Crippen LogP contribution in [0.25, 0.3) is 0 Å². The summed E-state index contributed by atoms with van der Waals surface area (Å²) in [4.78, 5) is 30.0. The van der Waals surface area contributed by atoms with E-state index in [-0.39, 0.29) is 26.8 Å². The van der Waals surface area contributed by atoms with Gasteiger partial charge in [0, 0.05) is 11.8 Å². The highest BCUT2D eigenvalue weighted by molar-refractivity contribution is 7.91. The van der Waals surface area contributed by atoms with Gasteiger partial charge < -0.3 is 9.88 Å². The zero-order valence-electron chi connectivity index (χ0n) is 19.0. The van der Waals surface area contributed by atoms with Gasteiger partial charge in [0.1, 0.15) is 6.04 Å². The van der Waals surface area contributed by atoms with Crippen molar-refractivity contribution in [2.24, 2.45) is 5.41 Å². The molecule has 0 bridgehead atoms. The van der Waals surface area contributed by atoms with Crippen LogP contribution in [0, 0.1) is 24.4 Å². The zero-order valence-corrected chi connectivity index (χ0v) is 20.7. The van der Waals surface area contributed by atoms with Crippen molar-refractivity contribution >= 4 is 32.2 Å². The molecule has 3 rings (SSSR count). The molecule has 1 unspecified atom stereocenters. The lowest BCUT2D eigenvalue weighted by Crippen LogP contribution is -2.37. The fraction of sp³-hybridized carbons (Fsp3) is 0.348. The molecule has 0 saturated carbocycles. The van der Waals surface area contributed by atoms with Crippen LogP contribution in [0.4, 0.5) is 9.52 Å². The number of halogens is 1. The smallest absolute Gasteiger partial charge is 0.252 e. The summed E-state index contributed by atoms with van der Waals surface area (Å²) >= 11 is 0.683. The van der Waals surface area contributed by atoms with Gasteiger partial charge >= 0.3 is 0 Å². The van der Waals surface area contributed by atoms with Crippen LogP contribution < -0.4 is 10.9 Å². The van der Waals surface area contributed by atoms with Crippen LogP contribution in [0.15, 0.2) is 57.2 Å². The first-order valence-corrected chi connectivity index (χ1v) is 12.5. The largest absolute Gasteiger partial charge is 0.300 e. The van der Waals surface area contributed by atoms with Crippen molar-refractivity contribution < 1.29 is 17.6 Å². The summed E-state index contributed by atoms with van der Waals surface area (Å²) in [5, 5.41) is 2.10. The second kappa shape index (κ2) is 9.18. The molecule has 0 saturated heterocycles. The van der Waals surface area contributed by atoms with Crippen molar-refractivity contribution in [1.82, 2.24) is 9.55 Å². The molecule has 7 nitrogen and oxygen atoms in total. The monoisotopic (exact) mass is 491 g/mol. The van der Waals surface area contributed by atoms with Crippen LogP contribution in [0.5, 0.6) is 0 Å². The number of amides is 1. The van der Waals surface area contributed by atoms with Crippen LogP contribution in [-0.4, -0.2) is 23.9 Å². The molecule has 0 aliphatic rings. The molecule has 0 aliphatic carbocycles. The maximum Gasteiger partial charge on any atom is 0.252 e. The lowest BCUT2D eigenvalue weighted by Gasteiger charge is -2.28. The molecule has 0 radical (unpaired) electrons. The van der Waals surface area contributed by atoms with Gasteiger partial charge in [-0.2, -0.15) is 4.39 Å². The van der Waals surface area contributed by atoms with Crippen molar-refractivity contribution in [1.29, 1.82) is 0 Å². The first kappa shape index (κ1) is 24.8. The van der Waals surface area contributed by atoms with E-state index >= 15 is 0 Å². The molecule has 1 atom stereocenters. The Morgan fingerprint density at radius 1 is 1.15 bits per heavy atom. The average Bonchev–Trinajstić information content (AvgIpc) is 3.10. The second-order valence-corrected chi connectivity index (χ2v) is 12.0. The van der Waals surface area contributed by atoms with Gasteiger partial charge in [-0.25, -0.2) is 13.4 Å². The zero-order chi connectivity index (χ0) is 24.6. The van der Waals surface area contributed by atoms with E-state index in [1.165, 1.54) is 22.8 Å². The van der Waals surface area contributed by atoms with E-state index in [1.807, 2.05) is 27.7 Å². The molecule has 0 aliphatic heterocycles. The fourth-order valence-electron chi connectivity index (χ4n) is 3.47. The van der Waals surface area contributed by atoms with Crippen molar-refractivity contribution in [3.8, 4) is 0 Å². The van der Waals surface area contributed by atoms with Gasteiger partial charge in [0.05, 0.1) is 16.0 Å². The third-order valence-corrected chi connectivity index (χ3v) is 7.45. The Morgan fingerprint density at radius 3 is 2.30 bits per heavy atom. The summed E-state index contributed by atoms with van der Waals surface area (Å²) in [5.41, 5.74) is 0.282. The van der Waals surface area contributed by atoms with Crippen molar-refractivity contribution in [3.63, 3.8) is 0 Å². The number of carbonyl (C=O) groups excluding carboxylic acids is 1. The van der Waals surface area contributed by atoms with Gasteiger partial charge in [-0.1, -0.05) is 49.8 Å². The summed E-state index contributed by atoms with van der Waals surface area (Å²) in [6, 6.07) is 7.85. The molecule has 1 amide bonds. The topological polar surface area (TPSA) is 98.1 Å². The highest BCUT2D eigenvalue weighted by Gasteiger charge is 2.30. The molecular weight excluding hydrogens is 465 g/mol. The number of pyridine rings is 1. The van der Waals surface area contributed by atoms with E-state index in [0.717, 1.165) is 17.8 Å². The van der Waals surface area contributed by atoms with Crippen LogP contribution in [0.2, 0.25) is 0 Å². The molecule has 2 heterocycles. The number of nitrogens with one attached hydrogen (secondary N) is 1. The minimum absolute atomic E-state index is 0.0828. The van der Waals surface area contributed by atoms with E-state index in [9.17, 15) is 22.4 Å². The normalized spacial score (nSPS) is 13.0. The van der Waals surface area contributed by atoms with Crippen LogP contribution in [-0.2, 0) is 14.6 Å². The van der Waals surface area contributed by atoms with Gasteiger partial charge in [0.15, 0.2) is 10.3 Å². The quantitative estimate of drug-likeness (QED) is 0.547. The van der Waals surface area contributed by atoms with Crippen LogP contribution >= 0.6 is 11.3 Å². The molecule has 10 heteroatoms. The maximum absolute atomic E-state index is 13.3. The van der Waals surface area contributed by atoms with Crippen molar-refractivity contribution in [2.75, 3.05) is 5.32 Å². The lowest BCUT2D eigenvalue weighted by atomic mass is 9.87. The molecule has 3 aromatic rings. The maximum atomic E-state index is 13.3. The van der Waals surface area contributed by atoms with Gasteiger partial charge in [-0.3, -0.25) is 9.59 Å². The first-order chi connectivity index (χ1) is 15.3. The lowest BCUT2D eigenvalue weighted by molar-refractivity contribution is -0.120. The number of aryl methyl sites for hydroxylation is 2. The third kappa shape index (κ3) is 5.75. The fourth-order valence-corrected chi connectivity index (χ4v) is 5.37. The number of benzene rings is 1. The highest BCUT2D eigenvalue weighted by Crippen LogP contribution is 2.30. The molecule has 0 fully saturated rings. The summed E-state index contributed by atoms with van der Waals surface area (Å²) in [6.07, 6.45) is 1.29. The number of carbonyl (C=O) groups is 1. The number of nitrogens with zero attached hydrogens (tertiary/aromatic N) is 2. The third-order valence-electron chi connectivity index (χ3n) is 5.00. The minimum Gasteiger partial charge on any atom is -0.300 e. The molecular formula is C23H26FN3O4S2. The first-order valence-electron chi connectivity index (χ1n) is 10.2. The Hall–Kier alpha value is -2.85. The Kier molecular flexibility index (Phi) is 6.90. The average molecular weight is 492 g/mol. The van der Waals surface area contributed by atoms with Gasteiger partial charge in [-0.15, -0.1) is 0 Å². The number of anilines is 1. The molecule has 176 valence electrons. The number of hydrogen-bond donors (Lipinski definition) is 1.